The van der Waals surface area contributed by atoms with E-state index in [9.17, 15) is 14.0 Å². The van der Waals surface area contributed by atoms with E-state index in [0.717, 1.165) is 11.3 Å². The molecule has 1 heterocycles. The maximum atomic E-state index is 13.3. The lowest BCUT2D eigenvalue weighted by Crippen LogP contribution is -2.43. The Hall–Kier alpha value is -3.54. The number of halogens is 1. The number of hydrogen-bond acceptors (Lipinski definition) is 3. The van der Waals surface area contributed by atoms with Gasteiger partial charge in [0.05, 0.1) is 12.2 Å². The molecule has 0 saturated heterocycles. The number of nitrogens with one attached hydrogen (secondary N) is 1. The van der Waals surface area contributed by atoms with Gasteiger partial charge in [0, 0.05) is 19.2 Å². The Morgan fingerprint density at radius 2 is 1.70 bits per heavy atom. The van der Waals surface area contributed by atoms with E-state index in [1.165, 1.54) is 17.0 Å². The molecule has 1 N–H and O–H groups in total. The molecule has 30 heavy (non-hydrogen) atoms. The van der Waals surface area contributed by atoms with Gasteiger partial charge in [0.25, 0.3) is 0 Å². The number of hydrogen-bond donors (Lipinski definition) is 1. The molecule has 0 fully saturated rings. The lowest BCUT2D eigenvalue weighted by molar-refractivity contribution is -0.141. The molecule has 3 aromatic rings. The first-order valence-corrected chi connectivity index (χ1v) is 9.85. The molecule has 0 bridgehead atoms. The van der Waals surface area contributed by atoms with Gasteiger partial charge in [-0.05, 0) is 35.4 Å². The zero-order valence-corrected chi connectivity index (χ0v) is 16.8. The van der Waals surface area contributed by atoms with Crippen molar-refractivity contribution in [2.75, 3.05) is 0 Å². The molecule has 0 spiro atoms. The number of nitrogens with zero attached hydrogens (tertiary/aromatic N) is 2. The lowest BCUT2D eigenvalue weighted by Gasteiger charge is -2.31. The summed E-state index contributed by atoms with van der Waals surface area (Å²) in [5.41, 5.74) is 2.18. The second kappa shape index (κ2) is 10.3. The van der Waals surface area contributed by atoms with Crippen molar-refractivity contribution in [3.05, 3.63) is 102 Å². The minimum absolute atomic E-state index is 0.166. The molecule has 1 atom stereocenters. The second-order valence-corrected chi connectivity index (χ2v) is 6.85. The Bertz CT molecular complexity index is 963. The van der Waals surface area contributed by atoms with Crippen molar-refractivity contribution >= 4 is 11.8 Å². The maximum absolute atomic E-state index is 13.3. The highest BCUT2D eigenvalue weighted by Crippen LogP contribution is 2.25. The number of carbonyl (C=O) groups excluding carboxylic acids is 2. The van der Waals surface area contributed by atoms with E-state index >= 15 is 0 Å². The third-order valence-electron chi connectivity index (χ3n) is 4.73. The van der Waals surface area contributed by atoms with E-state index in [0.29, 0.717) is 5.56 Å². The van der Waals surface area contributed by atoms with Crippen LogP contribution in [0.3, 0.4) is 0 Å². The van der Waals surface area contributed by atoms with Crippen LogP contribution in [-0.4, -0.2) is 21.7 Å². The minimum atomic E-state index is -0.813. The Balaban J connectivity index is 1.89. The van der Waals surface area contributed by atoms with Crippen molar-refractivity contribution in [1.29, 1.82) is 0 Å². The van der Waals surface area contributed by atoms with Crippen LogP contribution in [0.4, 0.5) is 4.39 Å². The number of aromatic nitrogens is 1. The van der Waals surface area contributed by atoms with E-state index in [1.807, 2.05) is 48.5 Å². The smallest absolute Gasteiger partial charge is 0.247 e. The Labute approximate surface area is 175 Å². The number of rotatable bonds is 8. The fourth-order valence-corrected chi connectivity index (χ4v) is 3.20. The van der Waals surface area contributed by atoms with Crippen LogP contribution in [-0.2, 0) is 22.7 Å². The monoisotopic (exact) mass is 405 g/mol. The summed E-state index contributed by atoms with van der Waals surface area (Å²) in [7, 11) is 0. The van der Waals surface area contributed by atoms with E-state index in [1.54, 1.807) is 25.3 Å². The highest BCUT2D eigenvalue weighted by Gasteiger charge is 2.30. The topological polar surface area (TPSA) is 62.3 Å². The van der Waals surface area contributed by atoms with Crippen molar-refractivity contribution in [2.24, 2.45) is 0 Å². The first-order valence-electron chi connectivity index (χ1n) is 9.85. The largest absolute Gasteiger partial charge is 0.348 e. The first kappa shape index (κ1) is 21.2. The molecule has 5 nitrogen and oxygen atoms in total. The molecule has 1 aromatic heterocycles. The number of pyridine rings is 1. The van der Waals surface area contributed by atoms with Crippen LogP contribution >= 0.6 is 0 Å². The quantitative estimate of drug-likeness (QED) is 0.616. The van der Waals surface area contributed by atoms with Crippen molar-refractivity contribution in [1.82, 2.24) is 15.2 Å². The predicted octanol–water partition coefficient (Wildman–Crippen LogP) is 4.02. The standard InChI is InChI=1S/C24H24FN3O2/c1-2-22(29)28(17-18-11-13-20(25)14-12-18)23(19-8-4-3-5-9-19)24(30)27-16-21-10-6-7-15-26-21/h3-15,23H,2,16-17H2,1H3,(H,27,30)/t23-/m1/s1. The van der Waals surface area contributed by atoms with Gasteiger partial charge < -0.3 is 10.2 Å². The number of carbonyl (C=O) groups is 2. The Morgan fingerprint density at radius 1 is 1.00 bits per heavy atom. The van der Waals surface area contributed by atoms with Crippen molar-refractivity contribution in [3.63, 3.8) is 0 Å². The SMILES string of the molecule is CCC(=O)N(Cc1ccc(F)cc1)[C@@H](C(=O)NCc1ccccn1)c1ccccc1. The maximum Gasteiger partial charge on any atom is 0.247 e. The molecule has 6 heteroatoms. The third kappa shape index (κ3) is 5.50. The van der Waals surface area contributed by atoms with Gasteiger partial charge in [-0.1, -0.05) is 55.5 Å². The van der Waals surface area contributed by atoms with Crippen LogP contribution < -0.4 is 5.32 Å². The van der Waals surface area contributed by atoms with Crippen LogP contribution in [0.15, 0.2) is 79.0 Å². The van der Waals surface area contributed by atoms with Crippen LogP contribution in [0.25, 0.3) is 0 Å². The normalized spacial score (nSPS) is 11.5. The van der Waals surface area contributed by atoms with Gasteiger partial charge in [-0.3, -0.25) is 14.6 Å². The molecule has 0 saturated carbocycles. The molecular weight excluding hydrogens is 381 g/mol. The van der Waals surface area contributed by atoms with E-state index < -0.39 is 6.04 Å². The molecule has 0 unspecified atom stereocenters. The van der Waals surface area contributed by atoms with Crippen LogP contribution in [0.5, 0.6) is 0 Å². The van der Waals surface area contributed by atoms with E-state index in [4.69, 9.17) is 0 Å². The van der Waals surface area contributed by atoms with Gasteiger partial charge in [0.2, 0.25) is 11.8 Å². The van der Waals surface area contributed by atoms with Crippen LogP contribution in [0.2, 0.25) is 0 Å². The number of benzene rings is 2. The third-order valence-corrected chi connectivity index (χ3v) is 4.73. The summed E-state index contributed by atoms with van der Waals surface area (Å²) < 4.78 is 13.3. The summed E-state index contributed by atoms with van der Waals surface area (Å²) >= 11 is 0. The molecule has 2 amide bonds. The molecule has 0 aliphatic rings. The predicted molar refractivity (Wildman–Crippen MR) is 113 cm³/mol. The molecule has 0 aliphatic carbocycles. The average molecular weight is 405 g/mol. The molecular formula is C24H24FN3O2. The first-order chi connectivity index (χ1) is 14.6. The van der Waals surface area contributed by atoms with Crippen molar-refractivity contribution in [3.8, 4) is 0 Å². The summed E-state index contributed by atoms with van der Waals surface area (Å²) in [4.78, 5) is 31.8. The molecule has 3 rings (SSSR count). The molecule has 0 aliphatic heterocycles. The van der Waals surface area contributed by atoms with E-state index in [2.05, 4.69) is 10.3 Å². The van der Waals surface area contributed by atoms with Crippen molar-refractivity contribution in [2.45, 2.75) is 32.5 Å². The highest BCUT2D eigenvalue weighted by molar-refractivity contribution is 5.88. The minimum Gasteiger partial charge on any atom is -0.348 e. The number of amides is 2. The highest BCUT2D eigenvalue weighted by atomic mass is 19.1. The fourth-order valence-electron chi connectivity index (χ4n) is 3.20. The molecule has 154 valence electrons. The Morgan fingerprint density at radius 3 is 2.33 bits per heavy atom. The zero-order chi connectivity index (χ0) is 21.3. The van der Waals surface area contributed by atoms with Crippen molar-refractivity contribution < 1.29 is 14.0 Å². The van der Waals surface area contributed by atoms with Gasteiger partial charge in [-0.25, -0.2) is 4.39 Å². The summed E-state index contributed by atoms with van der Waals surface area (Å²) in [5.74, 6) is -0.809. The van der Waals surface area contributed by atoms with Gasteiger partial charge in [-0.2, -0.15) is 0 Å². The molecule has 2 aromatic carbocycles. The van der Waals surface area contributed by atoms with Gasteiger partial charge in [-0.15, -0.1) is 0 Å². The van der Waals surface area contributed by atoms with Gasteiger partial charge in [0.15, 0.2) is 0 Å². The lowest BCUT2D eigenvalue weighted by atomic mass is 10.0. The summed E-state index contributed by atoms with van der Waals surface area (Å²) in [6, 6.07) is 19.8. The second-order valence-electron chi connectivity index (χ2n) is 6.85. The Kier molecular flexibility index (Phi) is 7.27. The van der Waals surface area contributed by atoms with Gasteiger partial charge >= 0.3 is 0 Å². The average Bonchev–Trinajstić information content (AvgIpc) is 2.79. The van der Waals surface area contributed by atoms with Crippen LogP contribution in [0, 0.1) is 5.82 Å². The summed E-state index contributed by atoms with van der Waals surface area (Å²) in [6.45, 7) is 2.21. The summed E-state index contributed by atoms with van der Waals surface area (Å²) in [5, 5.41) is 2.90. The van der Waals surface area contributed by atoms with E-state index in [-0.39, 0.29) is 37.1 Å². The zero-order valence-electron chi connectivity index (χ0n) is 16.8. The molecule has 0 radical (unpaired) electrons. The fraction of sp³-hybridized carbons (Fsp3) is 0.208. The van der Waals surface area contributed by atoms with Gasteiger partial charge in [0.1, 0.15) is 11.9 Å². The van der Waals surface area contributed by atoms with Crippen LogP contribution in [0.1, 0.15) is 36.2 Å². The summed E-state index contributed by atoms with van der Waals surface area (Å²) in [6.07, 6.45) is 1.91.